The Balaban J connectivity index is 1.87. The van der Waals surface area contributed by atoms with E-state index in [4.69, 9.17) is 5.11 Å². The van der Waals surface area contributed by atoms with Crippen molar-refractivity contribution >= 4 is 28.3 Å². The fourth-order valence-corrected chi connectivity index (χ4v) is 3.19. The zero-order valence-electron chi connectivity index (χ0n) is 10.9. The van der Waals surface area contributed by atoms with Gasteiger partial charge >= 0.3 is 12.0 Å². The number of nitrogens with one attached hydrogen (secondary N) is 2. The van der Waals surface area contributed by atoms with Crippen molar-refractivity contribution in [1.82, 2.24) is 5.32 Å². The Morgan fingerprint density at radius 1 is 1.42 bits per heavy atom. The van der Waals surface area contributed by atoms with Gasteiger partial charge in [-0.05, 0) is 29.7 Å². The second-order valence-corrected chi connectivity index (χ2v) is 6.21. The molecular weight excluding hydrogens is 264 g/mol. The third-order valence-electron chi connectivity index (χ3n) is 3.61. The number of aromatic carboxylic acids is 1. The van der Waals surface area contributed by atoms with Crippen LogP contribution >= 0.6 is 11.3 Å². The number of carboxylic acids is 1. The number of rotatable bonds is 4. The lowest BCUT2D eigenvalue weighted by Crippen LogP contribution is -2.36. The van der Waals surface area contributed by atoms with Gasteiger partial charge in [0.15, 0.2) is 0 Å². The number of carbonyl (C=O) groups excluding carboxylic acids is 1. The molecule has 1 saturated carbocycles. The van der Waals surface area contributed by atoms with Crippen LogP contribution in [0.3, 0.4) is 0 Å². The minimum atomic E-state index is -1.03. The van der Waals surface area contributed by atoms with Crippen molar-refractivity contribution < 1.29 is 14.7 Å². The Morgan fingerprint density at radius 3 is 2.74 bits per heavy atom. The fourth-order valence-electron chi connectivity index (χ4n) is 2.42. The van der Waals surface area contributed by atoms with Gasteiger partial charge in [0.1, 0.15) is 5.00 Å². The first-order valence-electron chi connectivity index (χ1n) is 6.36. The van der Waals surface area contributed by atoms with Crippen molar-refractivity contribution in [2.75, 3.05) is 11.9 Å². The number of carbonyl (C=O) groups is 2. The van der Waals surface area contributed by atoms with Crippen LogP contribution in [0.15, 0.2) is 11.4 Å². The van der Waals surface area contributed by atoms with Crippen molar-refractivity contribution in [1.29, 1.82) is 0 Å². The van der Waals surface area contributed by atoms with E-state index in [1.807, 2.05) is 0 Å². The van der Waals surface area contributed by atoms with Crippen LogP contribution in [0.4, 0.5) is 9.80 Å². The normalized spacial score (nSPS) is 17.1. The summed E-state index contributed by atoms with van der Waals surface area (Å²) in [4.78, 5) is 22.7. The summed E-state index contributed by atoms with van der Waals surface area (Å²) in [5.41, 5.74) is 0.315. The van der Waals surface area contributed by atoms with E-state index in [-0.39, 0.29) is 17.0 Å². The summed E-state index contributed by atoms with van der Waals surface area (Å²) in [5, 5.41) is 16.4. The molecule has 1 aliphatic rings. The number of amides is 2. The first kappa shape index (κ1) is 13.9. The van der Waals surface area contributed by atoms with E-state index in [0.717, 1.165) is 12.8 Å². The first-order valence-corrected chi connectivity index (χ1v) is 7.24. The lowest BCUT2D eigenvalue weighted by molar-refractivity contribution is 0.0698. The van der Waals surface area contributed by atoms with Gasteiger partial charge in [0.05, 0.1) is 5.56 Å². The molecule has 2 amide bonds. The summed E-state index contributed by atoms with van der Waals surface area (Å²) in [6.07, 6.45) is 4.70. The topological polar surface area (TPSA) is 78.4 Å². The van der Waals surface area contributed by atoms with Crippen LogP contribution in [0, 0.1) is 5.41 Å². The maximum atomic E-state index is 11.8. The van der Waals surface area contributed by atoms with Crippen molar-refractivity contribution in [2.24, 2.45) is 5.41 Å². The van der Waals surface area contributed by atoms with Crippen LogP contribution in [0.1, 0.15) is 43.0 Å². The second-order valence-electron chi connectivity index (χ2n) is 5.29. The molecule has 1 aromatic rings. The van der Waals surface area contributed by atoms with E-state index in [9.17, 15) is 9.59 Å². The second kappa shape index (κ2) is 5.61. The Bertz CT molecular complexity index is 478. The number of urea groups is 1. The predicted octanol–water partition coefficient (Wildman–Crippen LogP) is 3.15. The van der Waals surface area contributed by atoms with E-state index in [2.05, 4.69) is 17.6 Å². The molecule has 6 heteroatoms. The SMILES string of the molecule is CC1(CNC(=O)Nc2sccc2C(=O)O)CCCC1. The van der Waals surface area contributed by atoms with E-state index < -0.39 is 5.97 Å². The van der Waals surface area contributed by atoms with Gasteiger partial charge in [-0.15, -0.1) is 11.3 Å². The average molecular weight is 282 g/mol. The zero-order valence-corrected chi connectivity index (χ0v) is 11.7. The van der Waals surface area contributed by atoms with Crippen molar-refractivity contribution in [3.8, 4) is 0 Å². The molecule has 19 heavy (non-hydrogen) atoms. The zero-order chi connectivity index (χ0) is 13.9. The fraction of sp³-hybridized carbons (Fsp3) is 0.538. The molecule has 1 aliphatic carbocycles. The molecule has 0 aliphatic heterocycles. The summed E-state index contributed by atoms with van der Waals surface area (Å²) in [7, 11) is 0. The van der Waals surface area contributed by atoms with Gasteiger partial charge in [-0.25, -0.2) is 9.59 Å². The maximum absolute atomic E-state index is 11.8. The maximum Gasteiger partial charge on any atom is 0.338 e. The Hall–Kier alpha value is -1.56. The number of hydrogen-bond donors (Lipinski definition) is 3. The third kappa shape index (κ3) is 3.47. The van der Waals surface area contributed by atoms with Crippen LogP contribution in [0.25, 0.3) is 0 Å². The monoisotopic (exact) mass is 282 g/mol. The van der Waals surface area contributed by atoms with Crippen molar-refractivity contribution in [3.05, 3.63) is 17.0 Å². The lowest BCUT2D eigenvalue weighted by atomic mass is 9.89. The highest BCUT2D eigenvalue weighted by molar-refractivity contribution is 7.14. The molecule has 0 radical (unpaired) electrons. The van der Waals surface area contributed by atoms with E-state index in [0.29, 0.717) is 11.5 Å². The standard InChI is InChI=1S/C13H18N2O3S/c1-13(5-2-3-6-13)8-14-12(18)15-10-9(11(16)17)4-7-19-10/h4,7H,2-3,5-6,8H2,1H3,(H,16,17)(H2,14,15,18). The number of anilines is 1. The minimum Gasteiger partial charge on any atom is -0.478 e. The highest BCUT2D eigenvalue weighted by Crippen LogP contribution is 2.36. The van der Waals surface area contributed by atoms with E-state index >= 15 is 0 Å². The molecule has 1 heterocycles. The van der Waals surface area contributed by atoms with Gasteiger partial charge in [-0.3, -0.25) is 5.32 Å². The molecule has 0 bridgehead atoms. The summed E-state index contributed by atoms with van der Waals surface area (Å²) in [6, 6.07) is 1.15. The largest absolute Gasteiger partial charge is 0.478 e. The minimum absolute atomic E-state index is 0.132. The van der Waals surface area contributed by atoms with Crippen LogP contribution in [0.2, 0.25) is 0 Å². The smallest absolute Gasteiger partial charge is 0.338 e. The summed E-state index contributed by atoms with van der Waals surface area (Å²) in [6.45, 7) is 2.81. The van der Waals surface area contributed by atoms with Crippen LogP contribution < -0.4 is 10.6 Å². The molecule has 0 unspecified atom stereocenters. The molecule has 5 nitrogen and oxygen atoms in total. The van der Waals surface area contributed by atoms with Gasteiger partial charge in [-0.1, -0.05) is 19.8 Å². The van der Waals surface area contributed by atoms with Crippen LogP contribution in [-0.4, -0.2) is 23.7 Å². The molecule has 0 saturated heterocycles. The number of carboxylic acid groups (broad SMARTS) is 1. The van der Waals surface area contributed by atoms with Gasteiger partial charge in [0.25, 0.3) is 0 Å². The van der Waals surface area contributed by atoms with Crippen molar-refractivity contribution in [2.45, 2.75) is 32.6 Å². The summed E-state index contributed by atoms with van der Waals surface area (Å²) < 4.78 is 0. The Kier molecular flexibility index (Phi) is 4.09. The first-order chi connectivity index (χ1) is 9.00. The number of hydrogen-bond acceptors (Lipinski definition) is 3. The predicted molar refractivity (Wildman–Crippen MR) is 74.9 cm³/mol. The quantitative estimate of drug-likeness (QED) is 0.793. The summed E-state index contributed by atoms with van der Waals surface area (Å²) >= 11 is 1.21. The van der Waals surface area contributed by atoms with Crippen LogP contribution in [-0.2, 0) is 0 Å². The van der Waals surface area contributed by atoms with E-state index in [1.54, 1.807) is 5.38 Å². The molecule has 1 fully saturated rings. The highest BCUT2D eigenvalue weighted by Gasteiger charge is 2.29. The highest BCUT2D eigenvalue weighted by atomic mass is 32.1. The average Bonchev–Trinajstić information content (AvgIpc) is 2.96. The Labute approximate surface area is 116 Å². The van der Waals surface area contributed by atoms with E-state index in [1.165, 1.54) is 30.2 Å². The molecule has 0 spiro atoms. The number of thiophene rings is 1. The van der Waals surface area contributed by atoms with Gasteiger partial charge < -0.3 is 10.4 Å². The molecule has 0 atom stereocenters. The van der Waals surface area contributed by atoms with Crippen LogP contribution in [0.5, 0.6) is 0 Å². The van der Waals surface area contributed by atoms with Crippen molar-refractivity contribution in [3.63, 3.8) is 0 Å². The molecule has 0 aromatic carbocycles. The Morgan fingerprint density at radius 2 is 2.11 bits per heavy atom. The summed E-state index contributed by atoms with van der Waals surface area (Å²) in [5.74, 6) is -1.03. The van der Waals surface area contributed by atoms with Gasteiger partial charge in [-0.2, -0.15) is 0 Å². The van der Waals surface area contributed by atoms with Gasteiger partial charge in [0, 0.05) is 6.54 Å². The lowest BCUT2D eigenvalue weighted by Gasteiger charge is -2.23. The molecule has 1 aromatic heterocycles. The molecular formula is C13H18N2O3S. The third-order valence-corrected chi connectivity index (χ3v) is 4.44. The van der Waals surface area contributed by atoms with Gasteiger partial charge in [0.2, 0.25) is 0 Å². The molecule has 3 N–H and O–H groups in total. The molecule has 2 rings (SSSR count). The molecule has 104 valence electrons.